The topological polar surface area (TPSA) is 57.9 Å². The van der Waals surface area contributed by atoms with Crippen molar-refractivity contribution in [2.24, 2.45) is 0 Å². The molecular formula is C13H12O5. The van der Waals surface area contributed by atoms with Gasteiger partial charge in [-0.25, -0.2) is 4.79 Å². The van der Waals surface area contributed by atoms with Crippen LogP contribution >= 0.6 is 0 Å². The predicted octanol–water partition coefficient (Wildman–Crippen LogP) is 2.26. The maximum absolute atomic E-state index is 11.7. The molecule has 1 aromatic carbocycles. The average molecular weight is 248 g/mol. The second kappa shape index (κ2) is 4.44. The number of hydrogen-bond acceptors (Lipinski definition) is 5. The van der Waals surface area contributed by atoms with Crippen molar-refractivity contribution in [3.63, 3.8) is 0 Å². The van der Waals surface area contributed by atoms with E-state index in [0.717, 1.165) is 5.39 Å². The average Bonchev–Trinajstić information content (AvgIpc) is 3.03. The molecule has 0 spiro atoms. The van der Waals surface area contributed by atoms with Crippen molar-refractivity contribution in [3.8, 4) is 0 Å². The highest BCUT2D eigenvalue weighted by atomic mass is 16.7. The maximum Gasteiger partial charge on any atom is 0.374 e. The third-order valence-corrected chi connectivity index (χ3v) is 2.86. The Hall–Kier alpha value is -1.85. The van der Waals surface area contributed by atoms with Gasteiger partial charge >= 0.3 is 5.97 Å². The van der Waals surface area contributed by atoms with Crippen molar-refractivity contribution in [2.75, 3.05) is 20.3 Å². The van der Waals surface area contributed by atoms with E-state index in [1.54, 1.807) is 6.07 Å². The van der Waals surface area contributed by atoms with E-state index in [1.165, 1.54) is 7.11 Å². The highest BCUT2D eigenvalue weighted by Gasteiger charge is 2.30. The Balaban J connectivity index is 2.20. The first-order valence-electron chi connectivity index (χ1n) is 5.64. The summed E-state index contributed by atoms with van der Waals surface area (Å²) in [7, 11) is 1.32. The lowest BCUT2D eigenvalue weighted by Gasteiger charge is -2.08. The standard InChI is InChI=1S/C13H12O5/c1-15-12(14)11-10(13-16-6-7-17-13)8-4-2-3-5-9(8)18-11/h2-5,13H,6-7H2,1H3. The summed E-state index contributed by atoms with van der Waals surface area (Å²) in [6, 6.07) is 7.37. The number of para-hydroxylation sites is 1. The lowest BCUT2D eigenvalue weighted by molar-refractivity contribution is -0.0445. The van der Waals surface area contributed by atoms with E-state index in [1.807, 2.05) is 18.2 Å². The molecule has 5 heteroatoms. The van der Waals surface area contributed by atoms with Crippen LogP contribution in [0.1, 0.15) is 22.4 Å². The Morgan fingerprint density at radius 1 is 1.28 bits per heavy atom. The summed E-state index contributed by atoms with van der Waals surface area (Å²) in [5, 5.41) is 0.810. The van der Waals surface area contributed by atoms with Crippen LogP contribution < -0.4 is 0 Å². The van der Waals surface area contributed by atoms with Crippen LogP contribution in [0.15, 0.2) is 28.7 Å². The molecule has 5 nitrogen and oxygen atoms in total. The number of rotatable bonds is 2. The summed E-state index contributed by atoms with van der Waals surface area (Å²) in [4.78, 5) is 11.7. The molecule has 0 aliphatic carbocycles. The molecule has 18 heavy (non-hydrogen) atoms. The first kappa shape index (κ1) is 11.3. The molecule has 0 bridgehead atoms. The van der Waals surface area contributed by atoms with Gasteiger partial charge in [-0.15, -0.1) is 0 Å². The SMILES string of the molecule is COC(=O)c1oc2ccccc2c1C1OCCO1. The molecule has 1 aliphatic heterocycles. The van der Waals surface area contributed by atoms with Gasteiger partial charge in [-0.05, 0) is 6.07 Å². The first-order valence-corrected chi connectivity index (χ1v) is 5.64. The van der Waals surface area contributed by atoms with Crippen molar-refractivity contribution in [3.05, 3.63) is 35.6 Å². The number of benzene rings is 1. The van der Waals surface area contributed by atoms with E-state index in [0.29, 0.717) is 24.4 Å². The van der Waals surface area contributed by atoms with Gasteiger partial charge in [0, 0.05) is 5.39 Å². The minimum Gasteiger partial charge on any atom is -0.463 e. The van der Waals surface area contributed by atoms with Gasteiger partial charge in [-0.2, -0.15) is 0 Å². The maximum atomic E-state index is 11.7. The largest absolute Gasteiger partial charge is 0.463 e. The Bertz CT molecular complexity index is 580. The summed E-state index contributed by atoms with van der Waals surface area (Å²) in [6.45, 7) is 1.01. The van der Waals surface area contributed by atoms with Gasteiger partial charge in [0.15, 0.2) is 6.29 Å². The van der Waals surface area contributed by atoms with Crippen LogP contribution in [0.25, 0.3) is 11.0 Å². The molecule has 1 aromatic heterocycles. The molecule has 0 atom stereocenters. The zero-order chi connectivity index (χ0) is 12.5. The number of fused-ring (bicyclic) bond motifs is 1. The molecule has 3 rings (SSSR count). The molecule has 1 fully saturated rings. The number of methoxy groups -OCH3 is 1. The Labute approximate surface area is 103 Å². The van der Waals surface area contributed by atoms with Crippen molar-refractivity contribution < 1.29 is 23.4 Å². The second-order valence-electron chi connectivity index (χ2n) is 3.91. The fraction of sp³-hybridized carbons (Fsp3) is 0.308. The van der Waals surface area contributed by atoms with Gasteiger partial charge in [0.2, 0.25) is 5.76 Å². The number of carbonyl (C=O) groups is 1. The number of hydrogen-bond donors (Lipinski definition) is 0. The van der Waals surface area contributed by atoms with E-state index in [2.05, 4.69) is 0 Å². The molecule has 2 heterocycles. The van der Waals surface area contributed by atoms with E-state index in [9.17, 15) is 4.79 Å². The number of ether oxygens (including phenoxy) is 3. The third kappa shape index (κ3) is 1.68. The molecule has 0 unspecified atom stereocenters. The van der Waals surface area contributed by atoms with E-state index in [-0.39, 0.29) is 5.76 Å². The molecule has 0 amide bonds. The Kier molecular flexibility index (Phi) is 2.77. The molecule has 0 N–H and O–H groups in total. The number of esters is 1. The van der Waals surface area contributed by atoms with Crippen LogP contribution in [0.3, 0.4) is 0 Å². The van der Waals surface area contributed by atoms with Crippen molar-refractivity contribution in [1.82, 2.24) is 0 Å². The predicted molar refractivity (Wildman–Crippen MR) is 62.2 cm³/mol. The second-order valence-corrected chi connectivity index (χ2v) is 3.91. The molecule has 0 saturated carbocycles. The van der Waals surface area contributed by atoms with Crippen LogP contribution in [0.4, 0.5) is 0 Å². The molecule has 1 saturated heterocycles. The van der Waals surface area contributed by atoms with E-state index >= 15 is 0 Å². The number of carbonyl (C=O) groups excluding carboxylic acids is 1. The molecular weight excluding hydrogens is 236 g/mol. The summed E-state index contributed by atoms with van der Waals surface area (Å²) in [5.41, 5.74) is 1.22. The van der Waals surface area contributed by atoms with Crippen LogP contribution in [-0.2, 0) is 14.2 Å². The van der Waals surface area contributed by atoms with Gasteiger partial charge in [0.05, 0.1) is 25.9 Å². The fourth-order valence-corrected chi connectivity index (χ4v) is 2.07. The van der Waals surface area contributed by atoms with Crippen molar-refractivity contribution >= 4 is 16.9 Å². The van der Waals surface area contributed by atoms with E-state index in [4.69, 9.17) is 18.6 Å². The van der Waals surface area contributed by atoms with Gasteiger partial charge < -0.3 is 18.6 Å². The summed E-state index contributed by atoms with van der Waals surface area (Å²) >= 11 is 0. The van der Waals surface area contributed by atoms with Crippen LogP contribution in [-0.4, -0.2) is 26.3 Å². The molecule has 2 aromatic rings. The normalized spacial score (nSPS) is 16.3. The van der Waals surface area contributed by atoms with E-state index < -0.39 is 12.3 Å². The Morgan fingerprint density at radius 3 is 2.72 bits per heavy atom. The smallest absolute Gasteiger partial charge is 0.374 e. The lowest BCUT2D eigenvalue weighted by atomic mass is 10.1. The highest BCUT2D eigenvalue weighted by molar-refractivity contribution is 5.96. The molecule has 1 aliphatic rings. The minimum absolute atomic E-state index is 0.144. The zero-order valence-electron chi connectivity index (χ0n) is 9.84. The van der Waals surface area contributed by atoms with Crippen LogP contribution in [0.2, 0.25) is 0 Å². The van der Waals surface area contributed by atoms with Gasteiger partial charge in [0.25, 0.3) is 0 Å². The van der Waals surface area contributed by atoms with Crippen molar-refractivity contribution in [2.45, 2.75) is 6.29 Å². The molecule has 0 radical (unpaired) electrons. The van der Waals surface area contributed by atoms with Gasteiger partial charge in [-0.1, -0.05) is 18.2 Å². The first-order chi connectivity index (χ1) is 8.81. The summed E-state index contributed by atoms with van der Waals surface area (Å²) in [5.74, 6) is -0.383. The number of furan rings is 1. The monoisotopic (exact) mass is 248 g/mol. The summed E-state index contributed by atoms with van der Waals surface area (Å²) in [6.07, 6.45) is -0.567. The van der Waals surface area contributed by atoms with Crippen LogP contribution in [0, 0.1) is 0 Å². The van der Waals surface area contributed by atoms with Crippen LogP contribution in [0.5, 0.6) is 0 Å². The quantitative estimate of drug-likeness (QED) is 0.763. The zero-order valence-corrected chi connectivity index (χ0v) is 9.84. The van der Waals surface area contributed by atoms with Gasteiger partial charge in [0.1, 0.15) is 5.58 Å². The lowest BCUT2D eigenvalue weighted by Crippen LogP contribution is -2.07. The van der Waals surface area contributed by atoms with Gasteiger partial charge in [-0.3, -0.25) is 0 Å². The summed E-state index contributed by atoms with van der Waals surface area (Å²) < 4.78 is 21.2. The van der Waals surface area contributed by atoms with Crippen molar-refractivity contribution in [1.29, 1.82) is 0 Å². The third-order valence-electron chi connectivity index (χ3n) is 2.86. The minimum atomic E-state index is -0.567. The Morgan fingerprint density at radius 2 is 2.00 bits per heavy atom. The highest BCUT2D eigenvalue weighted by Crippen LogP contribution is 2.35. The molecule has 94 valence electrons. The fourth-order valence-electron chi connectivity index (χ4n) is 2.07.